The van der Waals surface area contributed by atoms with Crippen molar-refractivity contribution < 1.29 is 9.15 Å². The first-order valence-electron chi connectivity index (χ1n) is 12.0. The Labute approximate surface area is 202 Å². The molecule has 2 saturated carbocycles. The molecule has 7 heteroatoms. The van der Waals surface area contributed by atoms with Crippen LogP contribution in [-0.4, -0.2) is 14.8 Å². The molecule has 3 atom stereocenters. The molecule has 174 valence electrons. The number of hydrogen-bond acceptors (Lipinski definition) is 6. The minimum absolute atomic E-state index is 0.0128. The molecule has 6 nitrogen and oxygen atoms in total. The number of thiazole rings is 1. The fraction of sp³-hybridized carbons (Fsp3) is 0.370. The largest absolute Gasteiger partial charge is 0.486 e. The van der Waals surface area contributed by atoms with Gasteiger partial charge in [-0.05, 0) is 73.4 Å². The summed E-state index contributed by atoms with van der Waals surface area (Å²) in [5.74, 6) is 2.26. The molecule has 2 aliphatic carbocycles. The second-order valence-electron chi connectivity index (χ2n) is 9.36. The van der Waals surface area contributed by atoms with Crippen LogP contribution in [0.4, 0.5) is 0 Å². The fourth-order valence-electron chi connectivity index (χ4n) is 6.05. The van der Waals surface area contributed by atoms with Gasteiger partial charge < -0.3 is 9.15 Å². The summed E-state index contributed by atoms with van der Waals surface area (Å²) in [5.41, 5.74) is 3.53. The molecule has 0 radical (unpaired) electrons. The van der Waals surface area contributed by atoms with E-state index in [4.69, 9.17) is 9.15 Å². The Balaban J connectivity index is 1.30. The summed E-state index contributed by atoms with van der Waals surface area (Å²) in [7, 11) is 0. The van der Waals surface area contributed by atoms with E-state index >= 15 is 0 Å². The molecule has 6 rings (SSSR count). The Morgan fingerprint density at radius 1 is 1.12 bits per heavy atom. The average molecular weight is 474 g/mol. The average Bonchev–Trinajstić information content (AvgIpc) is 3.68. The van der Waals surface area contributed by atoms with Crippen molar-refractivity contribution in [2.45, 2.75) is 51.2 Å². The Kier molecular flexibility index (Phi) is 5.37. The predicted molar refractivity (Wildman–Crippen MR) is 131 cm³/mol. The summed E-state index contributed by atoms with van der Waals surface area (Å²) in [4.78, 5) is 16.2. The molecule has 0 amide bonds. The van der Waals surface area contributed by atoms with E-state index in [9.17, 15) is 4.79 Å². The van der Waals surface area contributed by atoms with Gasteiger partial charge in [-0.3, -0.25) is 0 Å². The molecule has 1 unspecified atom stereocenters. The van der Waals surface area contributed by atoms with Crippen LogP contribution in [0.25, 0.3) is 11.5 Å². The fourth-order valence-corrected chi connectivity index (χ4v) is 6.58. The monoisotopic (exact) mass is 473 g/mol. The van der Waals surface area contributed by atoms with Crippen molar-refractivity contribution in [1.29, 1.82) is 0 Å². The number of ether oxygens (including phenoxy) is 1. The van der Waals surface area contributed by atoms with Crippen molar-refractivity contribution >= 4 is 11.3 Å². The SMILES string of the molecule is CCn1nc(-c2ccc([C@@]3(c4ccc(OCc5nccs5)cc4)CC4CC[C@@H]3C4)cc2)oc1=O. The number of fused-ring (bicyclic) bond motifs is 2. The van der Waals surface area contributed by atoms with E-state index in [1.165, 1.54) is 41.5 Å². The number of hydrogen-bond donors (Lipinski definition) is 0. The van der Waals surface area contributed by atoms with E-state index < -0.39 is 5.76 Å². The lowest BCUT2D eigenvalue weighted by Crippen LogP contribution is -2.34. The van der Waals surface area contributed by atoms with Gasteiger partial charge in [0.15, 0.2) is 0 Å². The second-order valence-corrected chi connectivity index (χ2v) is 10.3. The van der Waals surface area contributed by atoms with E-state index in [1.54, 1.807) is 17.5 Å². The molecular formula is C27H27N3O3S. The number of aromatic nitrogens is 3. The van der Waals surface area contributed by atoms with Gasteiger partial charge in [-0.1, -0.05) is 30.7 Å². The molecule has 2 fully saturated rings. The van der Waals surface area contributed by atoms with Crippen LogP contribution in [-0.2, 0) is 18.6 Å². The summed E-state index contributed by atoms with van der Waals surface area (Å²) in [6.45, 7) is 2.87. The lowest BCUT2D eigenvalue weighted by atomic mass is 9.64. The van der Waals surface area contributed by atoms with Gasteiger partial charge in [0.2, 0.25) is 5.89 Å². The van der Waals surface area contributed by atoms with Gasteiger partial charge in [0.05, 0.1) is 0 Å². The van der Waals surface area contributed by atoms with Crippen LogP contribution in [0.1, 0.15) is 48.7 Å². The first-order chi connectivity index (χ1) is 16.7. The molecule has 34 heavy (non-hydrogen) atoms. The second kappa shape index (κ2) is 8.55. The van der Waals surface area contributed by atoms with Crippen LogP contribution in [0.15, 0.2) is 69.3 Å². The molecule has 0 spiro atoms. The molecule has 2 aromatic carbocycles. The van der Waals surface area contributed by atoms with Crippen LogP contribution in [0.3, 0.4) is 0 Å². The zero-order valence-corrected chi connectivity index (χ0v) is 20.0. The molecule has 0 N–H and O–H groups in total. The van der Waals surface area contributed by atoms with E-state index in [-0.39, 0.29) is 5.41 Å². The number of benzene rings is 2. The Bertz CT molecular complexity index is 1320. The summed E-state index contributed by atoms with van der Waals surface area (Å²) in [6, 6.07) is 17.2. The van der Waals surface area contributed by atoms with E-state index in [1.807, 2.05) is 24.4 Å². The van der Waals surface area contributed by atoms with Crippen molar-refractivity contribution in [3.05, 3.63) is 86.8 Å². The van der Waals surface area contributed by atoms with Gasteiger partial charge in [0.1, 0.15) is 17.4 Å². The summed E-state index contributed by atoms with van der Waals surface area (Å²) < 4.78 is 12.7. The maximum Gasteiger partial charge on any atom is 0.437 e. The quantitative estimate of drug-likeness (QED) is 0.346. The number of aryl methyl sites for hydroxylation is 1. The third-order valence-corrected chi connectivity index (χ3v) is 8.37. The van der Waals surface area contributed by atoms with E-state index in [2.05, 4.69) is 46.5 Å². The van der Waals surface area contributed by atoms with Crippen molar-refractivity contribution in [3.8, 4) is 17.2 Å². The van der Waals surface area contributed by atoms with Crippen LogP contribution >= 0.6 is 11.3 Å². The van der Waals surface area contributed by atoms with Crippen molar-refractivity contribution in [1.82, 2.24) is 14.8 Å². The minimum Gasteiger partial charge on any atom is -0.486 e. The minimum atomic E-state index is -0.414. The van der Waals surface area contributed by atoms with Gasteiger partial charge in [-0.15, -0.1) is 16.4 Å². The molecule has 2 aromatic heterocycles. The molecule has 2 aliphatic rings. The van der Waals surface area contributed by atoms with Crippen LogP contribution < -0.4 is 10.5 Å². The van der Waals surface area contributed by atoms with Crippen LogP contribution in [0, 0.1) is 11.8 Å². The third-order valence-electron chi connectivity index (χ3n) is 7.62. The zero-order valence-electron chi connectivity index (χ0n) is 19.1. The van der Waals surface area contributed by atoms with Crippen molar-refractivity contribution in [3.63, 3.8) is 0 Å². The molecule has 2 bridgehead atoms. The topological polar surface area (TPSA) is 70.2 Å². The van der Waals surface area contributed by atoms with Crippen LogP contribution in [0.2, 0.25) is 0 Å². The van der Waals surface area contributed by atoms with Gasteiger partial charge in [-0.2, -0.15) is 4.68 Å². The first-order valence-corrected chi connectivity index (χ1v) is 12.8. The molecule has 2 heterocycles. The lowest BCUT2D eigenvalue weighted by Gasteiger charge is -2.39. The standard InChI is InChI=1S/C27H27N3O3S/c1-2-30-26(31)33-25(29-30)19-4-7-20(8-5-19)27(16-18-3-6-22(27)15-18)21-9-11-23(12-10-21)32-17-24-28-13-14-34-24/h4-5,7-14,18,22H,2-3,6,15-17H2,1H3/t18?,22-,27-/m1/s1. The van der Waals surface area contributed by atoms with Crippen molar-refractivity contribution in [2.24, 2.45) is 11.8 Å². The number of rotatable bonds is 7. The van der Waals surface area contributed by atoms with Gasteiger partial charge >= 0.3 is 5.76 Å². The lowest BCUT2D eigenvalue weighted by molar-refractivity contribution is 0.303. The molecular weight excluding hydrogens is 446 g/mol. The summed E-state index contributed by atoms with van der Waals surface area (Å²) in [5, 5.41) is 7.25. The highest BCUT2D eigenvalue weighted by molar-refractivity contribution is 7.09. The maximum absolute atomic E-state index is 11.9. The van der Waals surface area contributed by atoms with Gasteiger partial charge in [0, 0.05) is 29.1 Å². The Morgan fingerprint density at radius 3 is 2.47 bits per heavy atom. The highest BCUT2D eigenvalue weighted by Crippen LogP contribution is 2.60. The Hall–Kier alpha value is -3.19. The Morgan fingerprint density at radius 2 is 1.88 bits per heavy atom. The maximum atomic E-state index is 11.9. The number of nitrogens with zero attached hydrogens (tertiary/aromatic N) is 3. The third kappa shape index (κ3) is 3.59. The smallest absolute Gasteiger partial charge is 0.437 e. The summed E-state index contributed by atoms with van der Waals surface area (Å²) in [6.07, 6.45) is 6.87. The van der Waals surface area contributed by atoms with E-state index in [0.717, 1.165) is 22.2 Å². The highest BCUT2D eigenvalue weighted by Gasteiger charge is 2.52. The van der Waals surface area contributed by atoms with Crippen LogP contribution in [0.5, 0.6) is 5.75 Å². The normalized spacial score (nSPS) is 23.4. The zero-order chi connectivity index (χ0) is 23.1. The highest BCUT2D eigenvalue weighted by atomic mass is 32.1. The van der Waals surface area contributed by atoms with Gasteiger partial charge in [-0.25, -0.2) is 9.78 Å². The van der Waals surface area contributed by atoms with Crippen molar-refractivity contribution in [2.75, 3.05) is 0 Å². The van der Waals surface area contributed by atoms with E-state index in [0.29, 0.717) is 25.0 Å². The molecule has 0 saturated heterocycles. The molecule has 4 aromatic rings. The first kappa shape index (κ1) is 21.4. The molecule has 0 aliphatic heterocycles. The summed E-state index contributed by atoms with van der Waals surface area (Å²) >= 11 is 1.61. The van der Waals surface area contributed by atoms with Gasteiger partial charge in [0.25, 0.3) is 0 Å². The predicted octanol–water partition coefficient (Wildman–Crippen LogP) is 5.66.